The summed E-state index contributed by atoms with van der Waals surface area (Å²) in [6.45, 7) is 2.87. The monoisotopic (exact) mass is 420 g/mol. The molecule has 3 aliphatic rings. The normalized spacial score (nSPS) is 27.1. The third-order valence-corrected chi connectivity index (χ3v) is 7.48. The van der Waals surface area contributed by atoms with Gasteiger partial charge in [0.1, 0.15) is 5.82 Å². The number of thiophene rings is 1. The second kappa shape index (κ2) is 7.77. The predicted octanol–water partition coefficient (Wildman–Crippen LogP) is 4.58. The lowest BCUT2D eigenvalue weighted by molar-refractivity contribution is -0.134. The summed E-state index contributed by atoms with van der Waals surface area (Å²) in [7, 11) is 0. The summed E-state index contributed by atoms with van der Waals surface area (Å²) in [5.41, 5.74) is 2.68. The predicted molar refractivity (Wildman–Crippen MR) is 112 cm³/mol. The van der Waals surface area contributed by atoms with E-state index in [2.05, 4.69) is 27.0 Å². The van der Waals surface area contributed by atoms with Crippen molar-refractivity contribution in [2.24, 2.45) is 11.3 Å². The van der Waals surface area contributed by atoms with Gasteiger partial charge < -0.3 is 10.2 Å². The molecule has 150 valence electrons. The molecule has 1 N–H and O–H groups in total. The first-order chi connectivity index (χ1) is 13.2. The van der Waals surface area contributed by atoms with Gasteiger partial charge in [0.15, 0.2) is 0 Å². The molecule has 0 radical (unpaired) electrons. The maximum absolute atomic E-state index is 13.4. The first-order valence-corrected chi connectivity index (χ1v) is 10.9. The number of nitrogens with one attached hydrogen (secondary N) is 1. The third kappa shape index (κ3) is 3.72. The van der Waals surface area contributed by atoms with E-state index in [9.17, 15) is 9.18 Å². The van der Waals surface area contributed by atoms with Crippen LogP contribution in [0.25, 0.3) is 0 Å². The van der Waals surface area contributed by atoms with Crippen LogP contribution in [0.4, 0.5) is 4.39 Å². The van der Waals surface area contributed by atoms with Crippen molar-refractivity contribution in [2.75, 3.05) is 13.1 Å². The van der Waals surface area contributed by atoms with E-state index < -0.39 is 0 Å². The fourth-order valence-electron chi connectivity index (χ4n) is 4.91. The molecule has 3 fully saturated rings. The van der Waals surface area contributed by atoms with Crippen molar-refractivity contribution in [1.29, 1.82) is 0 Å². The molecule has 0 bridgehead atoms. The van der Waals surface area contributed by atoms with E-state index in [0.29, 0.717) is 17.4 Å². The van der Waals surface area contributed by atoms with E-state index in [1.807, 2.05) is 12.1 Å². The Kier molecular flexibility index (Phi) is 5.51. The lowest BCUT2D eigenvalue weighted by atomic mass is 9.93. The van der Waals surface area contributed by atoms with Crippen LogP contribution in [0.2, 0.25) is 0 Å². The fourth-order valence-corrected chi connectivity index (χ4v) is 5.57. The summed E-state index contributed by atoms with van der Waals surface area (Å²) in [5, 5.41) is 7.69. The molecule has 2 aromatic rings. The second-order valence-electron chi connectivity index (χ2n) is 8.43. The Morgan fingerprint density at radius 3 is 2.64 bits per heavy atom. The average molecular weight is 421 g/mol. The van der Waals surface area contributed by atoms with Crippen LogP contribution in [0.5, 0.6) is 0 Å². The summed E-state index contributed by atoms with van der Waals surface area (Å²) in [5.74, 6) is 0.405. The molecule has 2 aliphatic carbocycles. The summed E-state index contributed by atoms with van der Waals surface area (Å²) in [6.07, 6.45) is 4.40. The van der Waals surface area contributed by atoms with E-state index in [4.69, 9.17) is 0 Å². The Morgan fingerprint density at radius 1 is 1.21 bits per heavy atom. The number of hydrogen-bond acceptors (Lipinski definition) is 3. The number of amides is 1. The van der Waals surface area contributed by atoms with Gasteiger partial charge in [-0.15, -0.1) is 12.4 Å². The Hall–Kier alpha value is -1.43. The van der Waals surface area contributed by atoms with Crippen molar-refractivity contribution in [3.8, 4) is 0 Å². The highest BCUT2D eigenvalue weighted by atomic mass is 35.5. The van der Waals surface area contributed by atoms with Crippen molar-refractivity contribution < 1.29 is 9.18 Å². The van der Waals surface area contributed by atoms with Gasteiger partial charge in [-0.1, -0.05) is 12.1 Å². The molecule has 28 heavy (non-hydrogen) atoms. The summed E-state index contributed by atoms with van der Waals surface area (Å²) in [6, 6.07) is 9.20. The van der Waals surface area contributed by atoms with E-state index in [1.165, 1.54) is 30.5 Å². The van der Waals surface area contributed by atoms with Crippen LogP contribution in [0.3, 0.4) is 0 Å². The maximum Gasteiger partial charge on any atom is 0.226 e. The van der Waals surface area contributed by atoms with Gasteiger partial charge in [0.2, 0.25) is 5.91 Å². The highest BCUT2D eigenvalue weighted by molar-refractivity contribution is 7.07. The number of rotatable bonds is 5. The summed E-state index contributed by atoms with van der Waals surface area (Å²) in [4.78, 5) is 15.6. The highest BCUT2D eigenvalue weighted by Gasteiger charge is 2.59. The molecule has 3 atom stereocenters. The Labute approximate surface area is 175 Å². The summed E-state index contributed by atoms with van der Waals surface area (Å²) < 4.78 is 13.2. The minimum absolute atomic E-state index is 0. The topological polar surface area (TPSA) is 32.3 Å². The fraction of sp³-hybridized carbons (Fsp3) is 0.500. The van der Waals surface area contributed by atoms with Gasteiger partial charge in [-0.05, 0) is 90.2 Å². The van der Waals surface area contributed by atoms with Crippen molar-refractivity contribution in [2.45, 2.75) is 44.2 Å². The molecular weight excluding hydrogens is 395 g/mol. The van der Waals surface area contributed by atoms with Crippen LogP contribution in [0, 0.1) is 17.2 Å². The van der Waals surface area contributed by atoms with E-state index in [1.54, 1.807) is 11.3 Å². The number of carbonyl (C=O) groups excluding carboxylic acids is 1. The van der Waals surface area contributed by atoms with Gasteiger partial charge in [-0.3, -0.25) is 4.79 Å². The molecule has 1 aliphatic heterocycles. The Bertz CT molecular complexity index is 820. The highest BCUT2D eigenvalue weighted by Crippen LogP contribution is 2.58. The largest absolute Gasteiger partial charge is 0.335 e. The number of halogens is 2. The lowest BCUT2D eigenvalue weighted by Crippen LogP contribution is -2.39. The minimum atomic E-state index is -0.216. The summed E-state index contributed by atoms with van der Waals surface area (Å²) >= 11 is 1.69. The van der Waals surface area contributed by atoms with Crippen molar-refractivity contribution in [3.63, 3.8) is 0 Å². The van der Waals surface area contributed by atoms with Gasteiger partial charge >= 0.3 is 0 Å². The minimum Gasteiger partial charge on any atom is -0.335 e. The van der Waals surface area contributed by atoms with Crippen LogP contribution in [-0.4, -0.2) is 29.9 Å². The van der Waals surface area contributed by atoms with Crippen LogP contribution < -0.4 is 5.32 Å². The number of carbonyl (C=O) groups is 1. The zero-order valence-electron chi connectivity index (χ0n) is 15.8. The second-order valence-corrected chi connectivity index (χ2v) is 9.21. The van der Waals surface area contributed by atoms with Gasteiger partial charge in [0, 0.05) is 18.5 Å². The van der Waals surface area contributed by atoms with Gasteiger partial charge in [0.25, 0.3) is 0 Å². The molecule has 1 spiro atoms. The molecule has 2 saturated carbocycles. The molecular formula is C22H26ClFN2OS. The maximum atomic E-state index is 13.4. The SMILES string of the molecule is Cl.O=C(C1CC1c1ccc(F)cc1)N(Cc1ccsc1)C1CC12CCNCC2. The molecule has 6 heteroatoms. The lowest BCUT2D eigenvalue weighted by Gasteiger charge is -2.30. The Morgan fingerprint density at radius 2 is 1.96 bits per heavy atom. The van der Waals surface area contributed by atoms with Gasteiger partial charge in [-0.25, -0.2) is 4.39 Å². The molecule has 3 nitrogen and oxygen atoms in total. The first kappa shape index (κ1) is 19.9. The van der Waals surface area contributed by atoms with Crippen molar-refractivity contribution in [1.82, 2.24) is 10.2 Å². The van der Waals surface area contributed by atoms with Crippen LogP contribution >= 0.6 is 23.7 Å². The molecule has 1 amide bonds. The van der Waals surface area contributed by atoms with E-state index in [-0.39, 0.29) is 30.1 Å². The van der Waals surface area contributed by atoms with Crippen LogP contribution in [0.1, 0.15) is 42.7 Å². The molecule has 1 aromatic carbocycles. The average Bonchev–Trinajstić information content (AvgIpc) is 3.56. The van der Waals surface area contributed by atoms with E-state index in [0.717, 1.165) is 38.0 Å². The standard InChI is InChI=1S/C22H25FN2OS.ClH/c23-17-3-1-16(2-4-17)18-11-19(18)21(26)25(13-15-5-10-27-14-15)20-12-22(20)6-8-24-9-7-22;/h1-5,10,14,18-20,24H,6-9,11-13H2;1H. The van der Waals surface area contributed by atoms with Crippen molar-refractivity contribution in [3.05, 3.63) is 58.0 Å². The molecule has 1 aromatic heterocycles. The quantitative estimate of drug-likeness (QED) is 0.767. The number of piperidine rings is 1. The molecule has 5 rings (SSSR count). The van der Waals surface area contributed by atoms with Crippen molar-refractivity contribution >= 4 is 29.7 Å². The zero-order valence-corrected chi connectivity index (χ0v) is 17.4. The van der Waals surface area contributed by atoms with E-state index >= 15 is 0 Å². The molecule has 1 saturated heterocycles. The third-order valence-electron chi connectivity index (χ3n) is 6.74. The Balaban J connectivity index is 0.00000192. The van der Waals surface area contributed by atoms with Crippen LogP contribution in [-0.2, 0) is 11.3 Å². The number of nitrogens with zero attached hydrogens (tertiary/aromatic N) is 1. The zero-order chi connectivity index (χ0) is 18.4. The number of benzene rings is 1. The molecule has 2 heterocycles. The number of hydrogen-bond donors (Lipinski definition) is 1. The smallest absolute Gasteiger partial charge is 0.226 e. The van der Waals surface area contributed by atoms with Crippen LogP contribution in [0.15, 0.2) is 41.1 Å². The van der Waals surface area contributed by atoms with Gasteiger partial charge in [0.05, 0.1) is 0 Å². The molecule has 3 unspecified atom stereocenters. The van der Waals surface area contributed by atoms with Gasteiger partial charge in [-0.2, -0.15) is 11.3 Å². The first-order valence-electron chi connectivity index (χ1n) is 9.94.